The Morgan fingerprint density at radius 1 is 1.17 bits per heavy atom. The van der Waals surface area contributed by atoms with E-state index in [1.807, 2.05) is 0 Å². The van der Waals surface area contributed by atoms with Crippen LogP contribution in [0.2, 0.25) is 0 Å². The molecule has 0 unspecified atom stereocenters. The van der Waals surface area contributed by atoms with Gasteiger partial charge in [-0.1, -0.05) is 0 Å². The van der Waals surface area contributed by atoms with Crippen LogP contribution in [0.3, 0.4) is 0 Å². The zero-order chi connectivity index (χ0) is 0. The van der Waals surface area contributed by atoms with Gasteiger partial charge in [-0.15, -0.1) is 0 Å². The molecule has 8 radical (unpaired) electrons. The fourth-order valence-corrected chi connectivity index (χ4v) is 0. The predicted molar refractivity (Wildman–Crippen MR) is 25.9 cm³/mol. The van der Waals surface area contributed by atoms with Crippen LogP contribution >= 0.6 is 0 Å². The molecular weight excluding hydrogens is 623 g/mol. The van der Waals surface area contributed by atoms with Crippen molar-refractivity contribution in [2.45, 2.75) is 0 Å². The summed E-state index contributed by atoms with van der Waals surface area (Å²) >= 11 is 0. The van der Waals surface area contributed by atoms with Crippen molar-refractivity contribution in [2.75, 3.05) is 0 Å². The Kier molecular flexibility index (Phi) is 237. The van der Waals surface area contributed by atoms with Gasteiger partial charge in [-0.2, -0.15) is 0 Å². The number of rotatable bonds is 0. The summed E-state index contributed by atoms with van der Waals surface area (Å²) in [6.07, 6.45) is 0. The molecule has 0 amide bonds. The summed E-state index contributed by atoms with van der Waals surface area (Å²) in [5, 5.41) is 0. The van der Waals surface area contributed by atoms with Gasteiger partial charge in [-0.3, -0.25) is 0 Å². The third kappa shape index (κ3) is 23.0. The van der Waals surface area contributed by atoms with Gasteiger partial charge in [0.05, 0.1) is 0 Å². The largest absolute Gasteiger partial charge is 2.00 e. The minimum absolute atomic E-state index is 0. The van der Waals surface area contributed by atoms with Crippen molar-refractivity contribution in [1.82, 2.24) is 0 Å². The molecule has 0 aliphatic carbocycles. The van der Waals surface area contributed by atoms with Crippen LogP contribution in [-0.2, 0) is 22.5 Å². The Morgan fingerprint density at radius 3 is 1.17 bits per heavy atom. The SMILES string of the molecule is [Bi].[Ca+2].[Cu].[H-].[H-].[O-2].[Pb].[Sr+2]. The molecule has 0 rings (SSSR count). The average Bonchev–Trinajstić information content (AvgIpc) is 0. The van der Waals surface area contributed by atoms with Gasteiger partial charge < -0.3 is 8.33 Å². The molecule has 0 atom stereocenters. The second-order valence-electron chi connectivity index (χ2n) is 0. The van der Waals surface area contributed by atoms with E-state index in [-0.39, 0.29) is 162 Å². The van der Waals surface area contributed by atoms with Crippen molar-refractivity contribution < 1.29 is 25.4 Å². The van der Waals surface area contributed by atoms with Gasteiger partial charge in [0.2, 0.25) is 0 Å². The summed E-state index contributed by atoms with van der Waals surface area (Å²) in [6, 6.07) is 0. The van der Waals surface area contributed by atoms with Crippen molar-refractivity contribution >= 4 is 137 Å². The fourth-order valence-electron chi connectivity index (χ4n) is 0. The summed E-state index contributed by atoms with van der Waals surface area (Å²) in [4.78, 5) is 0. The maximum absolute atomic E-state index is 0. The summed E-state index contributed by atoms with van der Waals surface area (Å²) < 4.78 is 0. The smallest absolute Gasteiger partial charge is 2.00 e. The first kappa shape index (κ1) is 43.9. The van der Waals surface area contributed by atoms with Crippen molar-refractivity contribution in [3.8, 4) is 0 Å². The monoisotopic (exact) mass is 626 g/mol. The van der Waals surface area contributed by atoms with Crippen LogP contribution < -0.4 is 0 Å². The van der Waals surface area contributed by atoms with Crippen LogP contribution in [0, 0.1) is 0 Å². The summed E-state index contributed by atoms with van der Waals surface area (Å²) in [6.45, 7) is 0. The zero-order valence-electron chi connectivity index (χ0n) is 5.07. The number of hydrogen-bond acceptors (Lipinski definition) is 0. The van der Waals surface area contributed by atoms with Crippen LogP contribution in [0.4, 0.5) is 0 Å². The van der Waals surface area contributed by atoms with E-state index in [2.05, 4.69) is 0 Å². The summed E-state index contributed by atoms with van der Waals surface area (Å²) in [5.41, 5.74) is 0. The molecule has 0 aromatic heterocycles. The van der Waals surface area contributed by atoms with E-state index < -0.39 is 0 Å². The Hall–Kier alpha value is 5.02. The van der Waals surface area contributed by atoms with Crippen LogP contribution in [0.15, 0.2) is 0 Å². The molecule has 6 heteroatoms. The van der Waals surface area contributed by atoms with Gasteiger partial charge in [0.1, 0.15) is 0 Å². The minimum Gasteiger partial charge on any atom is -2.00 e. The molecule has 0 aromatic carbocycles. The van der Waals surface area contributed by atoms with Gasteiger partial charge in [-0.25, -0.2) is 0 Å². The third-order valence-corrected chi connectivity index (χ3v) is 0. The molecule has 0 N–H and O–H groups in total. The maximum atomic E-state index is 0. The van der Waals surface area contributed by atoms with E-state index >= 15 is 0 Å². The molecule has 0 saturated heterocycles. The van der Waals surface area contributed by atoms with E-state index in [4.69, 9.17) is 0 Å². The van der Waals surface area contributed by atoms with Crippen LogP contribution in [0.1, 0.15) is 2.85 Å². The molecular formula is H2BiCaCuOPbSr. The normalized spacial score (nSPS) is 0. The number of hydrogen-bond donors (Lipinski definition) is 0. The second-order valence-corrected chi connectivity index (χ2v) is 0. The Bertz CT molecular complexity index is 22.0. The van der Waals surface area contributed by atoms with E-state index in [0.29, 0.717) is 0 Å². The molecule has 6 heavy (non-hydrogen) atoms. The Morgan fingerprint density at radius 2 is 1.17 bits per heavy atom. The quantitative estimate of drug-likeness (QED) is 0.296. The molecule has 1 nitrogen and oxygen atoms in total. The molecule has 0 spiro atoms. The third-order valence-electron chi connectivity index (χ3n) is 0. The topological polar surface area (TPSA) is 28.5 Å². The predicted octanol–water partition coefficient (Wildman–Crippen LogP) is -1.42. The van der Waals surface area contributed by atoms with Gasteiger partial charge in [0.15, 0.2) is 0 Å². The van der Waals surface area contributed by atoms with E-state index in [1.54, 1.807) is 0 Å². The van der Waals surface area contributed by atoms with Crippen LogP contribution in [0.25, 0.3) is 0 Å². The van der Waals surface area contributed by atoms with Crippen LogP contribution in [0.5, 0.6) is 0 Å². The first-order chi connectivity index (χ1) is 0. The zero-order valence-corrected chi connectivity index (χ0v) is 17.1. The Labute approximate surface area is 157 Å². The summed E-state index contributed by atoms with van der Waals surface area (Å²) in [7, 11) is 0. The molecule has 0 aliphatic heterocycles. The second kappa shape index (κ2) is 32.3. The van der Waals surface area contributed by atoms with E-state index in [1.165, 1.54) is 0 Å². The van der Waals surface area contributed by atoms with Crippen LogP contribution in [-0.4, -0.2) is 137 Å². The molecule has 0 aromatic rings. The van der Waals surface area contributed by atoms with Gasteiger partial charge in [0.25, 0.3) is 0 Å². The van der Waals surface area contributed by atoms with Gasteiger partial charge in [0, 0.05) is 70.6 Å². The van der Waals surface area contributed by atoms with E-state index in [0.717, 1.165) is 0 Å². The molecule has 32 valence electrons. The molecule has 0 bridgehead atoms. The molecule has 0 fully saturated rings. The van der Waals surface area contributed by atoms with Gasteiger partial charge >= 0.3 is 83.2 Å². The summed E-state index contributed by atoms with van der Waals surface area (Å²) in [5.74, 6) is 0. The maximum Gasteiger partial charge on any atom is 2.00 e. The van der Waals surface area contributed by atoms with Crippen molar-refractivity contribution in [3.05, 3.63) is 0 Å². The average molecular weight is 625 g/mol. The Balaban J connectivity index is 0. The first-order valence-corrected chi connectivity index (χ1v) is 0. The minimum atomic E-state index is 0. The van der Waals surface area contributed by atoms with E-state index in [9.17, 15) is 0 Å². The standard InChI is InChI=1S/Bi.Ca.Cu.O.Pb.Sr.2H/q;+2;;-2;;+2;2*-1. The van der Waals surface area contributed by atoms with Crippen molar-refractivity contribution in [2.24, 2.45) is 0 Å². The molecule has 0 aliphatic rings. The van der Waals surface area contributed by atoms with Crippen molar-refractivity contribution in [3.63, 3.8) is 0 Å². The molecule has 0 heterocycles. The molecule has 0 saturated carbocycles. The van der Waals surface area contributed by atoms with Gasteiger partial charge in [-0.05, 0) is 0 Å². The first-order valence-electron chi connectivity index (χ1n) is 0. The van der Waals surface area contributed by atoms with Crippen molar-refractivity contribution in [1.29, 1.82) is 0 Å². The fraction of sp³-hybridized carbons (Fsp3) is 0.